The number of hydrogen-bond acceptors (Lipinski definition) is 4. The predicted octanol–water partition coefficient (Wildman–Crippen LogP) is 6.79. The number of hydrogen-bond donors (Lipinski definition) is 1. The molecule has 1 heterocycles. The Bertz CT molecular complexity index is 1130. The van der Waals surface area contributed by atoms with Gasteiger partial charge in [-0.3, -0.25) is 4.79 Å². The molecule has 0 spiro atoms. The lowest BCUT2D eigenvalue weighted by molar-refractivity contribution is -0.114. The number of fused-ring (bicyclic) bond motifs is 5. The molecule has 6 rings (SSSR count). The van der Waals surface area contributed by atoms with Gasteiger partial charge in [-0.1, -0.05) is 50.5 Å². The van der Waals surface area contributed by atoms with Crippen molar-refractivity contribution in [1.29, 1.82) is 0 Å². The third-order valence-corrected chi connectivity index (χ3v) is 9.87. The van der Waals surface area contributed by atoms with Crippen LogP contribution in [0.5, 0.6) is 11.5 Å². The molecule has 2 saturated carbocycles. The van der Waals surface area contributed by atoms with Crippen molar-refractivity contribution in [3.8, 4) is 11.5 Å². The Balaban J connectivity index is 1.46. The topological polar surface area (TPSA) is 55.8 Å². The van der Waals surface area contributed by atoms with Gasteiger partial charge in [0.15, 0.2) is 17.3 Å². The van der Waals surface area contributed by atoms with Crippen molar-refractivity contribution in [1.82, 2.24) is 0 Å². The van der Waals surface area contributed by atoms with Gasteiger partial charge in [0.05, 0.1) is 5.60 Å². The lowest BCUT2D eigenvalue weighted by Gasteiger charge is -2.54. The quantitative estimate of drug-likeness (QED) is 0.377. The van der Waals surface area contributed by atoms with Gasteiger partial charge in [-0.05, 0) is 91.7 Å². The van der Waals surface area contributed by atoms with Crippen LogP contribution in [0.25, 0.3) is 0 Å². The number of rotatable bonds is 5. The van der Waals surface area contributed by atoms with Crippen LogP contribution in [0.2, 0.25) is 0 Å². The van der Waals surface area contributed by atoms with E-state index in [2.05, 4.69) is 38.1 Å². The second kappa shape index (κ2) is 8.65. The van der Waals surface area contributed by atoms with E-state index in [1.54, 1.807) is 5.57 Å². The Morgan fingerprint density at radius 2 is 2.00 bits per heavy atom. The molecular formula is C31H38O4. The van der Waals surface area contributed by atoms with E-state index >= 15 is 0 Å². The number of benzene rings is 1. The van der Waals surface area contributed by atoms with Gasteiger partial charge in [-0.15, -0.1) is 0 Å². The monoisotopic (exact) mass is 474 g/mol. The minimum atomic E-state index is -0.769. The van der Waals surface area contributed by atoms with E-state index in [1.165, 1.54) is 29.6 Å². The first kappa shape index (κ1) is 23.1. The highest BCUT2D eigenvalue weighted by molar-refractivity contribution is 5.93. The molecule has 1 aromatic carbocycles. The second-order valence-corrected chi connectivity index (χ2v) is 11.6. The van der Waals surface area contributed by atoms with E-state index in [1.807, 2.05) is 12.1 Å². The molecule has 0 radical (unpaired) electrons. The van der Waals surface area contributed by atoms with Gasteiger partial charge in [0, 0.05) is 17.8 Å². The Hall–Kier alpha value is -2.33. The second-order valence-electron chi connectivity index (χ2n) is 11.6. The van der Waals surface area contributed by atoms with E-state index in [0.29, 0.717) is 18.3 Å². The molecule has 5 aliphatic rings. The van der Waals surface area contributed by atoms with Crippen molar-refractivity contribution in [2.45, 2.75) is 89.6 Å². The number of carbonyl (C=O) groups is 1. The molecule has 4 heteroatoms. The molecule has 0 amide bonds. The molecule has 1 aliphatic heterocycles. The third kappa shape index (κ3) is 3.63. The Kier molecular flexibility index (Phi) is 5.71. The van der Waals surface area contributed by atoms with E-state index in [0.717, 1.165) is 56.4 Å². The zero-order chi connectivity index (χ0) is 24.2. The standard InChI is InChI=1S/C31H38O4/c1-3-4-5-6-14-31(33)15-13-26-24-10-7-20-16-22(32)9-11-23(20)29(24)25(18-30(26,31)2)21-8-12-27-28(17-21)35-19-34-27/h6,8,12,14,16-17,24-26,33H,3-5,7,9-11,13,15,18-19H2,1-2H3/b14-6+/t24-,25+,26-,30-,31-/m0/s1. The zero-order valence-electron chi connectivity index (χ0n) is 21.1. The first-order valence-corrected chi connectivity index (χ1v) is 13.7. The zero-order valence-corrected chi connectivity index (χ0v) is 21.1. The molecule has 0 aromatic heterocycles. The fourth-order valence-electron chi connectivity index (χ4n) is 8.00. The summed E-state index contributed by atoms with van der Waals surface area (Å²) < 4.78 is 11.4. The molecule has 2 fully saturated rings. The van der Waals surface area contributed by atoms with Crippen molar-refractivity contribution in [3.63, 3.8) is 0 Å². The molecule has 186 valence electrons. The first-order valence-electron chi connectivity index (χ1n) is 13.7. The van der Waals surface area contributed by atoms with Crippen molar-refractivity contribution in [3.05, 3.63) is 58.7 Å². The summed E-state index contributed by atoms with van der Waals surface area (Å²) in [5.74, 6) is 3.06. The molecule has 4 nitrogen and oxygen atoms in total. The lowest BCUT2D eigenvalue weighted by Crippen LogP contribution is -2.50. The van der Waals surface area contributed by atoms with Crippen LogP contribution in [0.3, 0.4) is 0 Å². The van der Waals surface area contributed by atoms with E-state index in [-0.39, 0.29) is 23.9 Å². The van der Waals surface area contributed by atoms with E-state index in [4.69, 9.17) is 9.47 Å². The average molecular weight is 475 g/mol. The molecule has 0 saturated heterocycles. The number of carbonyl (C=O) groups excluding carboxylic acids is 1. The van der Waals surface area contributed by atoms with Crippen molar-refractivity contribution in [2.24, 2.45) is 17.3 Å². The maximum Gasteiger partial charge on any atom is 0.231 e. The molecule has 1 aromatic rings. The van der Waals surface area contributed by atoms with Gasteiger partial charge in [0.2, 0.25) is 6.79 Å². The summed E-state index contributed by atoms with van der Waals surface area (Å²) in [6.45, 7) is 4.84. The average Bonchev–Trinajstić information content (AvgIpc) is 3.43. The molecule has 5 atom stereocenters. The van der Waals surface area contributed by atoms with Crippen LogP contribution in [0.1, 0.15) is 89.5 Å². The first-order chi connectivity index (χ1) is 16.9. The van der Waals surface area contributed by atoms with Crippen molar-refractivity contribution >= 4 is 5.78 Å². The number of ether oxygens (including phenoxy) is 2. The summed E-state index contributed by atoms with van der Waals surface area (Å²) in [6, 6.07) is 6.41. The molecular weight excluding hydrogens is 436 g/mol. The van der Waals surface area contributed by atoms with Crippen LogP contribution in [-0.2, 0) is 4.79 Å². The van der Waals surface area contributed by atoms with Crippen LogP contribution in [0.4, 0.5) is 0 Å². The SMILES string of the molecule is CCCC/C=C/[C@]1(O)CC[C@H]2[C@@H]3CCC4=CC(=O)CCC4=C3[C@@H](c3ccc4c(c3)OCO4)C[C@@]21C. The Morgan fingerprint density at radius 3 is 2.86 bits per heavy atom. The van der Waals surface area contributed by atoms with Gasteiger partial charge >= 0.3 is 0 Å². The summed E-state index contributed by atoms with van der Waals surface area (Å²) in [5, 5.41) is 12.1. The van der Waals surface area contributed by atoms with E-state index < -0.39 is 5.60 Å². The van der Waals surface area contributed by atoms with Crippen LogP contribution in [0.15, 0.2) is 53.1 Å². The van der Waals surface area contributed by atoms with Crippen LogP contribution in [-0.4, -0.2) is 23.3 Å². The van der Waals surface area contributed by atoms with E-state index in [9.17, 15) is 9.90 Å². The number of allylic oxidation sites excluding steroid dienone is 5. The molecule has 1 N–H and O–H groups in total. The van der Waals surface area contributed by atoms with Crippen molar-refractivity contribution < 1.29 is 19.4 Å². The highest BCUT2D eigenvalue weighted by atomic mass is 16.7. The molecule has 0 bridgehead atoms. The molecule has 4 aliphatic carbocycles. The maximum absolute atomic E-state index is 12.3. The van der Waals surface area contributed by atoms with Crippen LogP contribution >= 0.6 is 0 Å². The van der Waals surface area contributed by atoms with Gasteiger partial charge in [0.1, 0.15) is 0 Å². The Labute approximate surface area is 209 Å². The minimum absolute atomic E-state index is 0.183. The largest absolute Gasteiger partial charge is 0.454 e. The fourth-order valence-corrected chi connectivity index (χ4v) is 8.00. The lowest BCUT2D eigenvalue weighted by atomic mass is 9.51. The van der Waals surface area contributed by atoms with Gasteiger partial charge in [0.25, 0.3) is 0 Å². The molecule has 0 unspecified atom stereocenters. The normalized spacial score (nSPS) is 35.7. The van der Waals surface area contributed by atoms with Crippen molar-refractivity contribution in [2.75, 3.05) is 6.79 Å². The third-order valence-electron chi connectivity index (χ3n) is 9.87. The summed E-state index contributed by atoms with van der Waals surface area (Å²) in [4.78, 5) is 12.3. The van der Waals surface area contributed by atoms with Gasteiger partial charge in [-0.25, -0.2) is 0 Å². The smallest absolute Gasteiger partial charge is 0.231 e. The van der Waals surface area contributed by atoms with Crippen LogP contribution < -0.4 is 9.47 Å². The molecule has 35 heavy (non-hydrogen) atoms. The summed E-state index contributed by atoms with van der Waals surface area (Å²) in [5.41, 5.74) is 4.57. The van der Waals surface area contributed by atoms with Gasteiger partial charge < -0.3 is 14.6 Å². The fraction of sp³-hybridized carbons (Fsp3) is 0.581. The van der Waals surface area contributed by atoms with Gasteiger partial charge in [-0.2, -0.15) is 0 Å². The minimum Gasteiger partial charge on any atom is -0.454 e. The van der Waals surface area contributed by atoms with Crippen LogP contribution in [0, 0.1) is 17.3 Å². The number of unbranched alkanes of at least 4 members (excludes halogenated alkanes) is 2. The summed E-state index contributed by atoms with van der Waals surface area (Å²) in [6.07, 6.45) is 16.1. The number of ketones is 1. The summed E-state index contributed by atoms with van der Waals surface area (Å²) >= 11 is 0. The summed E-state index contributed by atoms with van der Waals surface area (Å²) in [7, 11) is 0. The predicted molar refractivity (Wildman–Crippen MR) is 136 cm³/mol. The highest BCUT2D eigenvalue weighted by Gasteiger charge is 2.62. The maximum atomic E-state index is 12.3. The Morgan fingerprint density at radius 1 is 1.14 bits per heavy atom. The highest BCUT2D eigenvalue weighted by Crippen LogP contribution is 2.67. The number of aliphatic hydroxyl groups is 1.